The van der Waals surface area contributed by atoms with Crippen molar-refractivity contribution in [1.29, 1.82) is 0 Å². The van der Waals surface area contributed by atoms with Gasteiger partial charge in [0, 0.05) is 26.2 Å². The molecular formula is C17H21N5O2. The Labute approximate surface area is 141 Å². The Hall–Kier alpha value is -2.70. The molecule has 0 spiro atoms. The maximum Gasteiger partial charge on any atom is 0.353 e. The van der Waals surface area contributed by atoms with Gasteiger partial charge in [0.15, 0.2) is 0 Å². The van der Waals surface area contributed by atoms with E-state index in [4.69, 9.17) is 0 Å². The van der Waals surface area contributed by atoms with Crippen LogP contribution in [-0.2, 0) is 13.0 Å². The number of anilines is 2. The van der Waals surface area contributed by atoms with Gasteiger partial charge >= 0.3 is 5.69 Å². The SMILES string of the molecule is CCN(CC)c1ncnc(N2CCc3ccccc3C2)c1[N+](=O)[O-]. The number of nitro groups is 1. The largest absolute Gasteiger partial charge is 0.353 e. The molecule has 1 aromatic heterocycles. The topological polar surface area (TPSA) is 75.4 Å². The third kappa shape index (κ3) is 2.89. The molecule has 1 aromatic carbocycles. The highest BCUT2D eigenvalue weighted by Crippen LogP contribution is 2.36. The lowest BCUT2D eigenvalue weighted by atomic mass is 10.00. The van der Waals surface area contributed by atoms with E-state index in [2.05, 4.69) is 22.1 Å². The zero-order chi connectivity index (χ0) is 17.1. The molecular weight excluding hydrogens is 306 g/mol. The zero-order valence-electron chi connectivity index (χ0n) is 14.0. The first-order valence-electron chi connectivity index (χ1n) is 8.21. The normalized spacial score (nSPS) is 13.5. The van der Waals surface area contributed by atoms with Crippen molar-refractivity contribution in [2.75, 3.05) is 29.4 Å². The highest BCUT2D eigenvalue weighted by Gasteiger charge is 2.30. The summed E-state index contributed by atoms with van der Waals surface area (Å²) < 4.78 is 0. The van der Waals surface area contributed by atoms with Crippen molar-refractivity contribution in [3.8, 4) is 0 Å². The fourth-order valence-corrected chi connectivity index (χ4v) is 3.19. The number of benzene rings is 1. The number of hydrogen-bond donors (Lipinski definition) is 0. The third-order valence-corrected chi connectivity index (χ3v) is 4.46. The lowest BCUT2D eigenvalue weighted by molar-refractivity contribution is -0.383. The lowest BCUT2D eigenvalue weighted by Gasteiger charge is -2.30. The van der Waals surface area contributed by atoms with E-state index in [1.807, 2.05) is 35.8 Å². The summed E-state index contributed by atoms with van der Waals surface area (Å²) in [6.07, 6.45) is 2.29. The average molecular weight is 327 g/mol. The van der Waals surface area contributed by atoms with Gasteiger partial charge < -0.3 is 9.80 Å². The minimum Gasteiger partial charge on any atom is -0.351 e. The minimum atomic E-state index is -0.358. The van der Waals surface area contributed by atoms with E-state index in [1.165, 1.54) is 17.5 Å². The Bertz CT molecular complexity index is 746. The fraction of sp³-hybridized carbons (Fsp3) is 0.412. The molecule has 126 valence electrons. The van der Waals surface area contributed by atoms with Gasteiger partial charge in [-0.15, -0.1) is 0 Å². The molecule has 0 aliphatic carbocycles. The van der Waals surface area contributed by atoms with Crippen molar-refractivity contribution >= 4 is 17.3 Å². The van der Waals surface area contributed by atoms with E-state index in [0.717, 1.165) is 6.42 Å². The second-order valence-corrected chi connectivity index (χ2v) is 5.74. The summed E-state index contributed by atoms with van der Waals surface area (Å²) in [5.74, 6) is 0.806. The van der Waals surface area contributed by atoms with E-state index in [9.17, 15) is 10.1 Å². The van der Waals surface area contributed by atoms with Crippen molar-refractivity contribution < 1.29 is 4.92 Å². The third-order valence-electron chi connectivity index (χ3n) is 4.46. The molecule has 2 heterocycles. The first-order chi connectivity index (χ1) is 11.7. The molecule has 24 heavy (non-hydrogen) atoms. The second kappa shape index (κ2) is 6.82. The quantitative estimate of drug-likeness (QED) is 0.621. The van der Waals surface area contributed by atoms with Gasteiger partial charge in [-0.2, -0.15) is 0 Å². The molecule has 0 fully saturated rings. The monoisotopic (exact) mass is 327 g/mol. The van der Waals surface area contributed by atoms with Gasteiger partial charge in [-0.3, -0.25) is 10.1 Å². The summed E-state index contributed by atoms with van der Waals surface area (Å²) in [7, 11) is 0. The Morgan fingerprint density at radius 3 is 2.58 bits per heavy atom. The van der Waals surface area contributed by atoms with Crippen LogP contribution in [0.15, 0.2) is 30.6 Å². The summed E-state index contributed by atoms with van der Waals surface area (Å²) in [6, 6.07) is 8.21. The van der Waals surface area contributed by atoms with E-state index in [1.54, 1.807) is 0 Å². The van der Waals surface area contributed by atoms with Crippen LogP contribution in [-0.4, -0.2) is 34.5 Å². The lowest BCUT2D eigenvalue weighted by Crippen LogP contribution is -2.32. The van der Waals surface area contributed by atoms with Gasteiger partial charge in [0.2, 0.25) is 11.6 Å². The maximum absolute atomic E-state index is 11.7. The molecule has 1 aliphatic rings. The van der Waals surface area contributed by atoms with Crippen LogP contribution in [0.4, 0.5) is 17.3 Å². The Balaban J connectivity index is 2.02. The van der Waals surface area contributed by atoms with Crippen LogP contribution in [0.5, 0.6) is 0 Å². The van der Waals surface area contributed by atoms with Gasteiger partial charge in [0.25, 0.3) is 0 Å². The van der Waals surface area contributed by atoms with Gasteiger partial charge in [0.05, 0.1) is 4.92 Å². The molecule has 1 aliphatic heterocycles. The fourth-order valence-electron chi connectivity index (χ4n) is 3.19. The number of fused-ring (bicyclic) bond motifs is 1. The van der Waals surface area contributed by atoms with Crippen molar-refractivity contribution in [1.82, 2.24) is 9.97 Å². The van der Waals surface area contributed by atoms with E-state index in [-0.39, 0.29) is 10.6 Å². The van der Waals surface area contributed by atoms with E-state index < -0.39 is 0 Å². The van der Waals surface area contributed by atoms with Crippen molar-refractivity contribution in [3.63, 3.8) is 0 Å². The smallest absolute Gasteiger partial charge is 0.351 e. The minimum absolute atomic E-state index is 0.000538. The van der Waals surface area contributed by atoms with Crippen LogP contribution in [0.3, 0.4) is 0 Å². The Morgan fingerprint density at radius 2 is 1.92 bits per heavy atom. The number of nitrogens with zero attached hydrogens (tertiary/aromatic N) is 5. The molecule has 0 N–H and O–H groups in total. The highest BCUT2D eigenvalue weighted by molar-refractivity contribution is 5.71. The first-order valence-corrected chi connectivity index (χ1v) is 8.21. The summed E-state index contributed by atoms with van der Waals surface area (Å²) in [5.41, 5.74) is 2.50. The molecule has 0 bridgehead atoms. The molecule has 3 rings (SSSR count). The van der Waals surface area contributed by atoms with Crippen LogP contribution in [0, 0.1) is 10.1 Å². The summed E-state index contributed by atoms with van der Waals surface area (Å²) in [5, 5.41) is 11.7. The van der Waals surface area contributed by atoms with Crippen molar-refractivity contribution in [2.24, 2.45) is 0 Å². The molecule has 0 amide bonds. The van der Waals surface area contributed by atoms with Crippen LogP contribution >= 0.6 is 0 Å². The predicted molar refractivity (Wildman–Crippen MR) is 93.4 cm³/mol. The Kier molecular flexibility index (Phi) is 4.59. The van der Waals surface area contributed by atoms with E-state index >= 15 is 0 Å². The molecule has 0 radical (unpaired) electrons. The van der Waals surface area contributed by atoms with Gasteiger partial charge in [-0.1, -0.05) is 24.3 Å². The predicted octanol–water partition coefficient (Wildman–Crippen LogP) is 2.79. The average Bonchev–Trinajstić information content (AvgIpc) is 2.62. The van der Waals surface area contributed by atoms with Crippen LogP contribution in [0.2, 0.25) is 0 Å². The molecule has 0 saturated carbocycles. The molecule has 2 aromatic rings. The highest BCUT2D eigenvalue weighted by atomic mass is 16.6. The Morgan fingerprint density at radius 1 is 1.21 bits per heavy atom. The molecule has 0 saturated heterocycles. The van der Waals surface area contributed by atoms with Gasteiger partial charge in [-0.05, 0) is 31.4 Å². The van der Waals surface area contributed by atoms with Gasteiger partial charge in [0.1, 0.15) is 6.33 Å². The molecule has 0 unspecified atom stereocenters. The summed E-state index contributed by atoms with van der Waals surface area (Å²) in [6.45, 7) is 6.60. The van der Waals surface area contributed by atoms with Crippen molar-refractivity contribution in [3.05, 3.63) is 51.8 Å². The van der Waals surface area contributed by atoms with Crippen LogP contribution < -0.4 is 9.80 Å². The molecule has 7 nitrogen and oxygen atoms in total. The standard InChI is InChI=1S/C17H21N5O2/c1-3-20(4-2)16-15(22(23)24)17(19-12-18-16)21-10-9-13-7-5-6-8-14(13)11-21/h5-8,12H,3-4,9-11H2,1-2H3. The molecule has 7 heteroatoms. The number of rotatable bonds is 5. The van der Waals surface area contributed by atoms with E-state index in [0.29, 0.717) is 37.8 Å². The first kappa shape index (κ1) is 16.2. The zero-order valence-corrected chi connectivity index (χ0v) is 14.0. The maximum atomic E-state index is 11.7. The number of hydrogen-bond acceptors (Lipinski definition) is 6. The van der Waals surface area contributed by atoms with Crippen LogP contribution in [0.25, 0.3) is 0 Å². The molecule has 0 atom stereocenters. The summed E-state index contributed by atoms with van der Waals surface area (Å²) in [4.78, 5) is 23.7. The second-order valence-electron chi connectivity index (χ2n) is 5.74. The van der Waals surface area contributed by atoms with Crippen molar-refractivity contribution in [2.45, 2.75) is 26.8 Å². The summed E-state index contributed by atoms with van der Waals surface area (Å²) >= 11 is 0. The van der Waals surface area contributed by atoms with Crippen LogP contribution in [0.1, 0.15) is 25.0 Å². The van der Waals surface area contributed by atoms with Gasteiger partial charge in [-0.25, -0.2) is 9.97 Å². The number of aromatic nitrogens is 2.